The van der Waals surface area contributed by atoms with E-state index in [1.807, 2.05) is 11.3 Å². The number of hydrogen-bond donors (Lipinski definition) is 1. The summed E-state index contributed by atoms with van der Waals surface area (Å²) >= 11 is 1.96. The van der Waals surface area contributed by atoms with E-state index < -0.39 is 0 Å². The highest BCUT2D eigenvalue weighted by molar-refractivity contribution is 7.10. The van der Waals surface area contributed by atoms with Crippen molar-refractivity contribution in [2.24, 2.45) is 0 Å². The van der Waals surface area contributed by atoms with Crippen LogP contribution >= 0.6 is 11.3 Å². The molecule has 1 aromatic rings. The van der Waals surface area contributed by atoms with Crippen molar-refractivity contribution >= 4 is 11.3 Å². The van der Waals surface area contributed by atoms with E-state index in [1.165, 1.54) is 45.3 Å². The van der Waals surface area contributed by atoms with Crippen LogP contribution in [0.5, 0.6) is 0 Å². The summed E-state index contributed by atoms with van der Waals surface area (Å²) in [6, 6.07) is 3.86. The van der Waals surface area contributed by atoms with Crippen molar-refractivity contribution in [3.63, 3.8) is 0 Å². The summed E-state index contributed by atoms with van der Waals surface area (Å²) < 4.78 is 0. The van der Waals surface area contributed by atoms with Gasteiger partial charge in [-0.3, -0.25) is 4.90 Å². The first-order valence-corrected chi connectivity index (χ1v) is 7.81. The molecule has 0 spiro atoms. The Hall–Kier alpha value is -0.380. The number of aryl methyl sites for hydroxylation is 1. The lowest BCUT2D eigenvalue weighted by Gasteiger charge is -2.44. The lowest BCUT2D eigenvalue weighted by molar-refractivity contribution is 0.0848. The second-order valence-corrected chi connectivity index (χ2v) is 6.26. The van der Waals surface area contributed by atoms with Gasteiger partial charge < -0.3 is 5.32 Å². The van der Waals surface area contributed by atoms with Crippen molar-refractivity contribution in [1.82, 2.24) is 10.2 Å². The predicted octanol–water partition coefficient (Wildman–Crippen LogP) is 2.81. The lowest BCUT2D eigenvalue weighted by Crippen LogP contribution is -2.58. The molecule has 1 aromatic heterocycles. The van der Waals surface area contributed by atoms with Gasteiger partial charge in [0, 0.05) is 30.1 Å². The van der Waals surface area contributed by atoms with E-state index in [1.54, 1.807) is 10.4 Å². The van der Waals surface area contributed by atoms with Crippen molar-refractivity contribution in [1.29, 1.82) is 0 Å². The Morgan fingerprint density at radius 3 is 3.06 bits per heavy atom. The van der Waals surface area contributed by atoms with E-state index in [4.69, 9.17) is 0 Å². The molecular formula is C14H22N2S. The molecule has 1 unspecified atom stereocenters. The molecule has 94 valence electrons. The summed E-state index contributed by atoms with van der Waals surface area (Å²) in [7, 11) is 0. The van der Waals surface area contributed by atoms with Crippen molar-refractivity contribution < 1.29 is 0 Å². The lowest BCUT2D eigenvalue weighted by atomic mass is 9.90. The van der Waals surface area contributed by atoms with E-state index in [-0.39, 0.29) is 0 Å². The molecule has 0 aromatic carbocycles. The van der Waals surface area contributed by atoms with Crippen LogP contribution in [0.2, 0.25) is 0 Å². The maximum Gasteiger partial charge on any atom is 0.0363 e. The minimum atomic E-state index is 0.706. The Morgan fingerprint density at radius 2 is 2.35 bits per heavy atom. The first kappa shape index (κ1) is 11.7. The Bertz CT molecular complexity index is 370. The number of rotatable bonds is 4. The summed E-state index contributed by atoms with van der Waals surface area (Å²) in [6.07, 6.45) is 5.32. The van der Waals surface area contributed by atoms with Crippen LogP contribution in [0.4, 0.5) is 0 Å². The standard InChI is InChI=1S/C14H22N2S/c1-2-7-16(11-9-15-10-11)13-4-3-5-14-12(13)6-8-17-14/h6,8,11,13,15H,2-5,7,9-10H2,1H3. The van der Waals surface area contributed by atoms with Gasteiger partial charge in [-0.05, 0) is 49.2 Å². The maximum atomic E-state index is 3.42. The van der Waals surface area contributed by atoms with Crippen LogP contribution in [-0.4, -0.2) is 30.6 Å². The smallest absolute Gasteiger partial charge is 0.0363 e. The third kappa shape index (κ3) is 2.16. The Balaban J connectivity index is 1.82. The highest BCUT2D eigenvalue weighted by atomic mass is 32.1. The van der Waals surface area contributed by atoms with Crippen molar-refractivity contribution in [3.8, 4) is 0 Å². The molecule has 17 heavy (non-hydrogen) atoms. The summed E-state index contributed by atoms with van der Waals surface area (Å²) in [4.78, 5) is 4.41. The highest BCUT2D eigenvalue weighted by Crippen LogP contribution is 2.38. The normalized spacial score (nSPS) is 24.7. The molecule has 1 saturated heterocycles. The van der Waals surface area contributed by atoms with Gasteiger partial charge in [-0.25, -0.2) is 0 Å². The molecule has 2 aliphatic rings. The second-order valence-electron chi connectivity index (χ2n) is 5.26. The monoisotopic (exact) mass is 250 g/mol. The van der Waals surface area contributed by atoms with Gasteiger partial charge in [-0.2, -0.15) is 0 Å². The van der Waals surface area contributed by atoms with Crippen LogP contribution in [0.25, 0.3) is 0 Å². The van der Waals surface area contributed by atoms with E-state index in [0.29, 0.717) is 6.04 Å². The molecule has 2 nitrogen and oxygen atoms in total. The maximum absolute atomic E-state index is 3.42. The molecule has 1 N–H and O–H groups in total. The molecule has 1 aliphatic heterocycles. The summed E-state index contributed by atoms with van der Waals surface area (Å²) in [5.74, 6) is 0. The van der Waals surface area contributed by atoms with E-state index in [9.17, 15) is 0 Å². The van der Waals surface area contributed by atoms with Crippen LogP contribution in [0.15, 0.2) is 11.4 Å². The summed E-state index contributed by atoms with van der Waals surface area (Å²) in [5.41, 5.74) is 1.64. The van der Waals surface area contributed by atoms with Gasteiger partial charge in [0.25, 0.3) is 0 Å². The van der Waals surface area contributed by atoms with Crippen LogP contribution in [0.1, 0.15) is 42.7 Å². The molecule has 0 radical (unpaired) electrons. The largest absolute Gasteiger partial charge is 0.314 e. The molecular weight excluding hydrogens is 228 g/mol. The third-order valence-corrected chi connectivity index (χ3v) is 5.13. The van der Waals surface area contributed by atoms with Gasteiger partial charge >= 0.3 is 0 Å². The Morgan fingerprint density at radius 1 is 1.47 bits per heavy atom. The fourth-order valence-electron chi connectivity index (χ4n) is 3.17. The number of thiophene rings is 1. The van der Waals surface area contributed by atoms with E-state index >= 15 is 0 Å². The molecule has 3 rings (SSSR count). The zero-order valence-corrected chi connectivity index (χ0v) is 11.4. The van der Waals surface area contributed by atoms with Crippen LogP contribution < -0.4 is 5.32 Å². The average molecular weight is 250 g/mol. The molecule has 0 amide bonds. The molecule has 2 heterocycles. The molecule has 0 bridgehead atoms. The first-order valence-electron chi connectivity index (χ1n) is 6.93. The zero-order valence-electron chi connectivity index (χ0n) is 10.6. The van der Waals surface area contributed by atoms with Crippen molar-refractivity contribution in [2.75, 3.05) is 19.6 Å². The fourth-order valence-corrected chi connectivity index (χ4v) is 4.15. The zero-order chi connectivity index (χ0) is 11.7. The van der Waals surface area contributed by atoms with Crippen LogP contribution in [-0.2, 0) is 6.42 Å². The number of hydrogen-bond acceptors (Lipinski definition) is 3. The molecule has 1 fully saturated rings. The third-order valence-electron chi connectivity index (χ3n) is 4.13. The summed E-state index contributed by atoms with van der Waals surface area (Å²) in [6.45, 7) is 5.94. The first-order chi connectivity index (χ1) is 8.40. The average Bonchev–Trinajstić information content (AvgIpc) is 2.73. The van der Waals surface area contributed by atoms with E-state index in [0.717, 1.165) is 6.04 Å². The highest BCUT2D eigenvalue weighted by Gasteiger charge is 2.33. The molecule has 0 saturated carbocycles. The fraction of sp³-hybridized carbons (Fsp3) is 0.714. The van der Waals surface area contributed by atoms with E-state index in [2.05, 4.69) is 28.6 Å². The minimum absolute atomic E-state index is 0.706. The summed E-state index contributed by atoms with van der Waals surface area (Å²) in [5, 5.41) is 5.70. The van der Waals surface area contributed by atoms with Gasteiger partial charge in [-0.1, -0.05) is 6.92 Å². The van der Waals surface area contributed by atoms with Gasteiger partial charge in [-0.15, -0.1) is 11.3 Å². The van der Waals surface area contributed by atoms with Crippen LogP contribution in [0.3, 0.4) is 0 Å². The SMILES string of the molecule is CCCN(C1CNC1)C1CCCc2sccc21. The van der Waals surface area contributed by atoms with Crippen molar-refractivity contribution in [3.05, 3.63) is 21.9 Å². The molecule has 1 atom stereocenters. The number of fused-ring (bicyclic) bond motifs is 1. The van der Waals surface area contributed by atoms with Gasteiger partial charge in [0.05, 0.1) is 0 Å². The quantitative estimate of drug-likeness (QED) is 0.884. The minimum Gasteiger partial charge on any atom is -0.314 e. The second kappa shape index (κ2) is 5.09. The molecule has 1 aliphatic carbocycles. The molecule has 3 heteroatoms. The number of nitrogens with one attached hydrogen (secondary N) is 1. The van der Waals surface area contributed by atoms with Gasteiger partial charge in [0.2, 0.25) is 0 Å². The number of nitrogens with zero attached hydrogens (tertiary/aromatic N) is 1. The Kier molecular flexibility index (Phi) is 3.50. The topological polar surface area (TPSA) is 15.3 Å². The Labute approximate surface area is 108 Å². The van der Waals surface area contributed by atoms with Gasteiger partial charge in [0.15, 0.2) is 0 Å². The predicted molar refractivity (Wildman–Crippen MR) is 73.7 cm³/mol. The van der Waals surface area contributed by atoms with Crippen LogP contribution in [0, 0.1) is 0 Å². The van der Waals surface area contributed by atoms with Gasteiger partial charge in [0.1, 0.15) is 0 Å². The van der Waals surface area contributed by atoms with Crippen molar-refractivity contribution in [2.45, 2.75) is 44.7 Å².